The number of hydrogen-bond donors (Lipinski definition) is 0. The van der Waals surface area contributed by atoms with Crippen molar-refractivity contribution in [2.75, 3.05) is 26.2 Å². The Hall–Kier alpha value is -2.21. The van der Waals surface area contributed by atoms with Crippen molar-refractivity contribution >= 4 is 5.91 Å². The van der Waals surface area contributed by atoms with Gasteiger partial charge in [0.05, 0.1) is 0 Å². The average Bonchev–Trinajstić information content (AvgIpc) is 3.29. The van der Waals surface area contributed by atoms with Crippen molar-refractivity contribution in [3.05, 3.63) is 48.5 Å². The van der Waals surface area contributed by atoms with Crippen LogP contribution in [0.2, 0.25) is 0 Å². The van der Waals surface area contributed by atoms with Crippen LogP contribution in [0.3, 0.4) is 0 Å². The smallest absolute Gasteiger partial charge is 0.224 e. The number of nitrogens with zero attached hydrogens (tertiary/aromatic N) is 5. The van der Waals surface area contributed by atoms with Gasteiger partial charge in [-0.05, 0) is 55.5 Å². The summed E-state index contributed by atoms with van der Waals surface area (Å²) in [7, 11) is 0. The lowest BCUT2D eigenvalue weighted by molar-refractivity contribution is -0.130. The van der Waals surface area contributed by atoms with E-state index < -0.39 is 0 Å². The second-order valence-corrected chi connectivity index (χ2v) is 7.55. The Bertz CT molecular complexity index is 686. The Kier molecular flexibility index (Phi) is 5.29. The van der Waals surface area contributed by atoms with Gasteiger partial charge in [-0.3, -0.25) is 19.4 Å². The molecule has 0 N–H and O–H groups in total. The van der Waals surface area contributed by atoms with Crippen LogP contribution in [-0.2, 0) is 17.9 Å². The number of carbonyl (C=O) groups is 1. The molecular weight excluding hydrogens is 326 g/mol. The normalized spacial score (nSPS) is 23.6. The minimum absolute atomic E-state index is 0.279. The van der Waals surface area contributed by atoms with E-state index in [0.29, 0.717) is 24.8 Å². The molecule has 0 saturated carbocycles. The van der Waals surface area contributed by atoms with E-state index in [1.807, 2.05) is 35.4 Å². The molecule has 2 saturated heterocycles. The number of aromatic nitrogens is 3. The van der Waals surface area contributed by atoms with Gasteiger partial charge in [-0.15, -0.1) is 0 Å². The van der Waals surface area contributed by atoms with Crippen LogP contribution in [0.5, 0.6) is 0 Å². The Morgan fingerprint density at radius 2 is 1.92 bits per heavy atom. The SMILES string of the molecule is O=C(CCn1cccn1)N1C[C@H]2CCN(Cc3cccnc3)CC[C@H]2C1. The van der Waals surface area contributed by atoms with Gasteiger partial charge in [0.2, 0.25) is 5.91 Å². The van der Waals surface area contributed by atoms with Gasteiger partial charge in [-0.1, -0.05) is 6.07 Å². The third-order valence-corrected chi connectivity index (χ3v) is 5.80. The molecule has 0 radical (unpaired) electrons. The molecule has 0 unspecified atom stereocenters. The molecule has 2 fully saturated rings. The zero-order valence-electron chi connectivity index (χ0n) is 15.2. The maximum atomic E-state index is 12.5. The summed E-state index contributed by atoms with van der Waals surface area (Å²) >= 11 is 0. The van der Waals surface area contributed by atoms with Crippen LogP contribution in [0.4, 0.5) is 0 Å². The fraction of sp³-hybridized carbons (Fsp3) is 0.550. The van der Waals surface area contributed by atoms with E-state index >= 15 is 0 Å². The van der Waals surface area contributed by atoms with Crippen LogP contribution in [0.1, 0.15) is 24.8 Å². The van der Waals surface area contributed by atoms with Crippen molar-refractivity contribution in [3.63, 3.8) is 0 Å². The van der Waals surface area contributed by atoms with E-state index in [0.717, 1.165) is 32.7 Å². The number of hydrogen-bond acceptors (Lipinski definition) is 4. The molecule has 2 aliphatic heterocycles. The van der Waals surface area contributed by atoms with Crippen LogP contribution in [0.25, 0.3) is 0 Å². The Labute approximate surface area is 154 Å². The average molecular weight is 353 g/mol. The second-order valence-electron chi connectivity index (χ2n) is 7.55. The maximum Gasteiger partial charge on any atom is 0.224 e. The third-order valence-electron chi connectivity index (χ3n) is 5.80. The molecule has 6 heteroatoms. The van der Waals surface area contributed by atoms with Crippen LogP contribution in [0, 0.1) is 11.8 Å². The first kappa shape index (κ1) is 17.2. The van der Waals surface area contributed by atoms with Gasteiger partial charge in [0, 0.05) is 57.4 Å². The van der Waals surface area contributed by atoms with Gasteiger partial charge in [0.15, 0.2) is 0 Å². The first-order chi connectivity index (χ1) is 12.8. The van der Waals surface area contributed by atoms with Gasteiger partial charge in [-0.2, -0.15) is 5.10 Å². The molecular formula is C20H27N5O. The van der Waals surface area contributed by atoms with Crippen LogP contribution in [-0.4, -0.2) is 56.7 Å². The fourth-order valence-corrected chi connectivity index (χ4v) is 4.31. The zero-order chi connectivity index (χ0) is 17.8. The molecule has 138 valence electrons. The van der Waals surface area contributed by atoms with Gasteiger partial charge < -0.3 is 4.90 Å². The van der Waals surface area contributed by atoms with E-state index in [-0.39, 0.29) is 5.91 Å². The molecule has 0 bridgehead atoms. The Morgan fingerprint density at radius 3 is 2.58 bits per heavy atom. The molecule has 2 aromatic heterocycles. The van der Waals surface area contributed by atoms with E-state index in [1.165, 1.54) is 18.4 Å². The predicted molar refractivity (Wildman–Crippen MR) is 99.2 cm³/mol. The molecule has 2 aliphatic rings. The summed E-state index contributed by atoms with van der Waals surface area (Å²) in [4.78, 5) is 21.4. The lowest BCUT2D eigenvalue weighted by Gasteiger charge is -2.22. The molecule has 2 atom stereocenters. The Morgan fingerprint density at radius 1 is 1.12 bits per heavy atom. The summed E-state index contributed by atoms with van der Waals surface area (Å²) in [5, 5.41) is 4.18. The highest BCUT2D eigenvalue weighted by molar-refractivity contribution is 5.76. The van der Waals surface area contributed by atoms with Gasteiger partial charge in [0.25, 0.3) is 0 Å². The van der Waals surface area contributed by atoms with E-state index in [1.54, 1.807) is 6.20 Å². The lowest BCUT2D eigenvalue weighted by Crippen LogP contribution is -2.31. The zero-order valence-corrected chi connectivity index (χ0v) is 15.2. The predicted octanol–water partition coefficient (Wildman–Crippen LogP) is 2.04. The van der Waals surface area contributed by atoms with E-state index in [2.05, 4.69) is 25.9 Å². The summed E-state index contributed by atoms with van der Waals surface area (Å²) < 4.78 is 1.84. The Balaban J connectivity index is 1.26. The lowest BCUT2D eigenvalue weighted by atomic mass is 9.92. The van der Waals surface area contributed by atoms with Crippen LogP contribution in [0.15, 0.2) is 43.0 Å². The first-order valence-corrected chi connectivity index (χ1v) is 9.64. The molecule has 4 rings (SSSR count). The van der Waals surface area contributed by atoms with Crippen molar-refractivity contribution in [2.45, 2.75) is 32.4 Å². The summed E-state index contributed by atoms with van der Waals surface area (Å²) in [5.74, 6) is 1.59. The molecule has 4 heterocycles. The molecule has 26 heavy (non-hydrogen) atoms. The number of pyridine rings is 1. The standard InChI is InChI=1S/C20H27N5O/c26-20(6-12-25-9-2-8-22-25)24-15-18-4-10-23(11-5-19(18)16-24)14-17-3-1-7-21-13-17/h1-3,7-9,13,18-19H,4-6,10-12,14-16H2/t18-,19+. The minimum atomic E-state index is 0.279. The number of amides is 1. The second kappa shape index (κ2) is 7.99. The van der Waals surface area contributed by atoms with Crippen LogP contribution < -0.4 is 0 Å². The number of likely N-dealkylation sites (tertiary alicyclic amines) is 2. The minimum Gasteiger partial charge on any atom is -0.342 e. The third kappa shape index (κ3) is 4.12. The number of aryl methyl sites for hydroxylation is 1. The van der Waals surface area contributed by atoms with Crippen molar-refractivity contribution in [3.8, 4) is 0 Å². The largest absolute Gasteiger partial charge is 0.342 e. The van der Waals surface area contributed by atoms with Crippen molar-refractivity contribution in [1.82, 2.24) is 24.6 Å². The quantitative estimate of drug-likeness (QED) is 0.825. The molecule has 0 aromatic carbocycles. The van der Waals surface area contributed by atoms with E-state index in [9.17, 15) is 4.79 Å². The van der Waals surface area contributed by atoms with Crippen molar-refractivity contribution in [1.29, 1.82) is 0 Å². The van der Waals surface area contributed by atoms with Crippen molar-refractivity contribution < 1.29 is 4.79 Å². The molecule has 1 amide bonds. The highest BCUT2D eigenvalue weighted by Crippen LogP contribution is 2.32. The highest BCUT2D eigenvalue weighted by atomic mass is 16.2. The van der Waals surface area contributed by atoms with Crippen LogP contribution >= 0.6 is 0 Å². The number of fused-ring (bicyclic) bond motifs is 1. The monoisotopic (exact) mass is 353 g/mol. The van der Waals surface area contributed by atoms with Gasteiger partial charge >= 0.3 is 0 Å². The molecule has 0 aliphatic carbocycles. The first-order valence-electron chi connectivity index (χ1n) is 9.64. The summed E-state index contributed by atoms with van der Waals surface area (Å²) in [5.41, 5.74) is 1.29. The summed E-state index contributed by atoms with van der Waals surface area (Å²) in [6, 6.07) is 6.06. The topological polar surface area (TPSA) is 54.3 Å². The molecule has 2 aromatic rings. The molecule has 6 nitrogen and oxygen atoms in total. The number of carbonyl (C=O) groups excluding carboxylic acids is 1. The number of rotatable bonds is 5. The van der Waals surface area contributed by atoms with E-state index in [4.69, 9.17) is 0 Å². The highest BCUT2D eigenvalue weighted by Gasteiger charge is 2.36. The van der Waals surface area contributed by atoms with Gasteiger partial charge in [-0.25, -0.2) is 0 Å². The van der Waals surface area contributed by atoms with Crippen molar-refractivity contribution in [2.24, 2.45) is 11.8 Å². The van der Waals surface area contributed by atoms with Gasteiger partial charge in [0.1, 0.15) is 0 Å². The maximum absolute atomic E-state index is 12.5. The molecule has 0 spiro atoms. The summed E-state index contributed by atoms with van der Waals surface area (Å²) in [6.45, 7) is 5.76. The fourth-order valence-electron chi connectivity index (χ4n) is 4.31. The summed E-state index contributed by atoms with van der Waals surface area (Å²) in [6.07, 6.45) is 10.4.